The van der Waals surface area contributed by atoms with E-state index in [0.717, 1.165) is 21.5 Å². The molecule has 0 saturated carbocycles. The van der Waals surface area contributed by atoms with E-state index in [2.05, 4.69) is 4.98 Å². The average Bonchev–Trinajstić information content (AvgIpc) is 3.26. The molecule has 0 radical (unpaired) electrons. The summed E-state index contributed by atoms with van der Waals surface area (Å²) in [7, 11) is 1.56. The van der Waals surface area contributed by atoms with Gasteiger partial charge in [-0.2, -0.15) is 0 Å². The quantitative estimate of drug-likeness (QED) is 0.381. The summed E-state index contributed by atoms with van der Waals surface area (Å²) < 4.78 is 11.9. The van der Waals surface area contributed by atoms with Gasteiger partial charge in [0.15, 0.2) is 23.2 Å². The molecule has 0 bridgehead atoms. The van der Waals surface area contributed by atoms with Crippen molar-refractivity contribution in [1.29, 1.82) is 0 Å². The third-order valence-electron chi connectivity index (χ3n) is 4.68. The van der Waals surface area contributed by atoms with Crippen molar-refractivity contribution in [2.75, 3.05) is 18.6 Å². The van der Waals surface area contributed by atoms with E-state index in [1.165, 1.54) is 11.3 Å². The van der Waals surface area contributed by atoms with Gasteiger partial charge in [0.2, 0.25) is 0 Å². The molecule has 0 aliphatic rings. The fourth-order valence-electron chi connectivity index (χ4n) is 3.08. The molecule has 6 nitrogen and oxygen atoms in total. The molecule has 0 atom stereocenters. The minimum Gasteiger partial charge on any atom is -0.493 e. The number of amides is 1. The second kappa shape index (κ2) is 9.32. The highest BCUT2D eigenvalue weighted by molar-refractivity contribution is 7.23. The zero-order valence-electron chi connectivity index (χ0n) is 17.0. The molecule has 2 aromatic heterocycles. The van der Waals surface area contributed by atoms with E-state index in [-0.39, 0.29) is 19.1 Å². The van der Waals surface area contributed by atoms with E-state index in [1.807, 2.05) is 49.4 Å². The Bertz CT molecular complexity index is 1170. The number of aryl methyl sites for hydroxylation is 1. The Kier molecular flexibility index (Phi) is 6.34. The third-order valence-corrected chi connectivity index (χ3v) is 6.22. The monoisotopic (exact) mass is 453 g/mol. The van der Waals surface area contributed by atoms with Crippen molar-refractivity contribution in [2.45, 2.75) is 13.5 Å². The van der Waals surface area contributed by atoms with E-state index < -0.39 is 0 Å². The van der Waals surface area contributed by atoms with Gasteiger partial charge in [-0.3, -0.25) is 14.7 Å². The fourth-order valence-corrected chi connectivity index (χ4v) is 4.41. The molecule has 4 rings (SSSR count). The number of anilines is 1. The Hall–Kier alpha value is -3.16. The van der Waals surface area contributed by atoms with Crippen LogP contribution in [0.25, 0.3) is 10.2 Å². The predicted molar refractivity (Wildman–Crippen MR) is 123 cm³/mol. The van der Waals surface area contributed by atoms with Crippen LogP contribution < -0.4 is 14.4 Å². The minimum absolute atomic E-state index is 0.171. The van der Waals surface area contributed by atoms with Crippen molar-refractivity contribution >= 4 is 44.2 Å². The number of rotatable bonds is 7. The van der Waals surface area contributed by atoms with Gasteiger partial charge in [0, 0.05) is 6.20 Å². The lowest BCUT2D eigenvalue weighted by molar-refractivity contribution is -0.120. The average molecular weight is 454 g/mol. The highest BCUT2D eigenvalue weighted by atomic mass is 35.5. The fraction of sp³-hybridized carbons (Fsp3) is 0.174. The molecule has 2 aromatic carbocycles. The summed E-state index contributed by atoms with van der Waals surface area (Å²) in [5, 5.41) is 1.16. The van der Waals surface area contributed by atoms with Crippen LogP contribution in [0, 0.1) is 6.92 Å². The molecule has 0 saturated heterocycles. The topological polar surface area (TPSA) is 64.6 Å². The minimum atomic E-state index is -0.246. The number of thiazole rings is 1. The highest BCUT2D eigenvalue weighted by Gasteiger charge is 2.23. The van der Waals surface area contributed by atoms with E-state index >= 15 is 0 Å². The molecule has 158 valence electrons. The smallest absolute Gasteiger partial charge is 0.267 e. The summed E-state index contributed by atoms with van der Waals surface area (Å²) in [6, 6.07) is 16.6. The van der Waals surface area contributed by atoms with Crippen LogP contribution in [0.2, 0.25) is 5.02 Å². The first-order valence-corrected chi connectivity index (χ1v) is 10.8. The van der Waals surface area contributed by atoms with Crippen molar-refractivity contribution < 1.29 is 14.3 Å². The number of nitrogens with zero attached hydrogens (tertiary/aromatic N) is 3. The molecule has 2 heterocycles. The first-order valence-electron chi connectivity index (χ1n) is 9.58. The number of ether oxygens (including phenoxy) is 2. The Morgan fingerprint density at radius 1 is 1.10 bits per heavy atom. The maximum absolute atomic E-state index is 13.2. The SMILES string of the molecule is COc1ccccc1OCC(=O)N(Cc1ccccn1)c1nc2c(C)ccc(Cl)c2s1. The molecule has 0 aliphatic heterocycles. The van der Waals surface area contributed by atoms with Crippen molar-refractivity contribution in [3.63, 3.8) is 0 Å². The number of fused-ring (bicyclic) bond motifs is 1. The molecule has 0 unspecified atom stereocenters. The molecule has 31 heavy (non-hydrogen) atoms. The molecular formula is C23H20ClN3O3S. The van der Waals surface area contributed by atoms with Crippen molar-refractivity contribution in [3.05, 3.63) is 77.1 Å². The molecule has 4 aromatic rings. The van der Waals surface area contributed by atoms with Crippen LogP contribution >= 0.6 is 22.9 Å². The van der Waals surface area contributed by atoms with Crippen LogP contribution in [-0.2, 0) is 11.3 Å². The molecule has 8 heteroatoms. The van der Waals surface area contributed by atoms with Gasteiger partial charge in [-0.25, -0.2) is 4.98 Å². The first kappa shape index (κ1) is 21.1. The lowest BCUT2D eigenvalue weighted by atomic mass is 10.2. The number of carbonyl (C=O) groups is 1. The van der Waals surface area contributed by atoms with Gasteiger partial charge >= 0.3 is 0 Å². The number of para-hydroxylation sites is 2. The maximum Gasteiger partial charge on any atom is 0.267 e. The molecule has 0 N–H and O–H groups in total. The number of carbonyl (C=O) groups excluding carboxylic acids is 1. The number of hydrogen-bond donors (Lipinski definition) is 0. The van der Waals surface area contributed by atoms with Gasteiger partial charge in [0.05, 0.1) is 34.6 Å². The zero-order valence-corrected chi connectivity index (χ0v) is 18.6. The third kappa shape index (κ3) is 4.62. The second-order valence-electron chi connectivity index (χ2n) is 6.78. The molecule has 0 spiro atoms. The number of aromatic nitrogens is 2. The van der Waals surface area contributed by atoms with Crippen LogP contribution in [0.4, 0.5) is 5.13 Å². The first-order chi connectivity index (χ1) is 15.1. The van der Waals surface area contributed by atoms with Crippen LogP contribution in [0.15, 0.2) is 60.8 Å². The number of halogens is 1. The number of hydrogen-bond acceptors (Lipinski definition) is 6. The summed E-state index contributed by atoms with van der Waals surface area (Å²) in [5.41, 5.74) is 2.53. The largest absolute Gasteiger partial charge is 0.493 e. The lowest BCUT2D eigenvalue weighted by Gasteiger charge is -2.20. The summed E-state index contributed by atoms with van der Waals surface area (Å²) >= 11 is 7.75. The number of benzene rings is 2. The maximum atomic E-state index is 13.2. The van der Waals surface area contributed by atoms with Gasteiger partial charge in [-0.15, -0.1) is 0 Å². The summed E-state index contributed by atoms with van der Waals surface area (Å²) in [4.78, 5) is 23.9. The van der Waals surface area contributed by atoms with Crippen LogP contribution in [0.5, 0.6) is 11.5 Å². The Balaban J connectivity index is 1.65. The Labute approximate surface area is 189 Å². The van der Waals surface area contributed by atoms with Crippen LogP contribution in [0.3, 0.4) is 0 Å². The van der Waals surface area contributed by atoms with Crippen LogP contribution in [-0.4, -0.2) is 29.6 Å². The van der Waals surface area contributed by atoms with Gasteiger partial charge in [0.1, 0.15) is 0 Å². The molecule has 0 aliphatic carbocycles. The number of methoxy groups -OCH3 is 1. The van der Waals surface area contributed by atoms with Gasteiger partial charge < -0.3 is 9.47 Å². The van der Waals surface area contributed by atoms with E-state index in [4.69, 9.17) is 26.1 Å². The number of pyridine rings is 1. The molecular weight excluding hydrogens is 434 g/mol. The van der Waals surface area contributed by atoms with E-state index in [1.54, 1.807) is 30.3 Å². The van der Waals surface area contributed by atoms with Gasteiger partial charge in [-0.1, -0.05) is 47.2 Å². The standard InChI is InChI=1S/C23H20ClN3O3S/c1-15-10-11-17(24)22-21(15)26-23(31-22)27(13-16-7-5-6-12-25-16)20(28)14-30-19-9-4-3-8-18(19)29-2/h3-12H,13-14H2,1-2H3. The zero-order chi connectivity index (χ0) is 21.8. The normalized spacial score (nSPS) is 10.8. The van der Waals surface area contributed by atoms with E-state index in [9.17, 15) is 4.79 Å². The second-order valence-corrected chi connectivity index (χ2v) is 8.16. The predicted octanol–water partition coefficient (Wildman–Crippen LogP) is 5.27. The molecule has 1 amide bonds. The van der Waals surface area contributed by atoms with E-state index in [0.29, 0.717) is 21.7 Å². The summed E-state index contributed by atoms with van der Waals surface area (Å²) in [6.45, 7) is 2.07. The van der Waals surface area contributed by atoms with Crippen molar-refractivity contribution in [3.8, 4) is 11.5 Å². The van der Waals surface area contributed by atoms with Gasteiger partial charge in [0.25, 0.3) is 5.91 Å². The van der Waals surface area contributed by atoms with Gasteiger partial charge in [-0.05, 0) is 42.8 Å². The van der Waals surface area contributed by atoms with Crippen molar-refractivity contribution in [1.82, 2.24) is 9.97 Å². The Morgan fingerprint density at radius 3 is 2.58 bits per heavy atom. The molecule has 0 fully saturated rings. The van der Waals surface area contributed by atoms with Crippen molar-refractivity contribution in [2.24, 2.45) is 0 Å². The highest BCUT2D eigenvalue weighted by Crippen LogP contribution is 2.36. The Morgan fingerprint density at radius 2 is 1.87 bits per heavy atom. The lowest BCUT2D eigenvalue weighted by Crippen LogP contribution is -2.34. The van der Waals surface area contributed by atoms with Crippen LogP contribution in [0.1, 0.15) is 11.3 Å². The summed E-state index contributed by atoms with van der Waals surface area (Å²) in [5.74, 6) is 0.817. The summed E-state index contributed by atoms with van der Waals surface area (Å²) in [6.07, 6.45) is 1.70.